The molecule has 1 rings (SSSR count). The van der Waals surface area contributed by atoms with E-state index >= 15 is 0 Å². The van der Waals surface area contributed by atoms with E-state index in [2.05, 4.69) is 24.9 Å². The predicted molar refractivity (Wildman–Crippen MR) is 57.7 cm³/mol. The zero-order chi connectivity index (χ0) is 9.68. The van der Waals surface area contributed by atoms with Crippen LogP contribution in [0.15, 0.2) is 23.2 Å². The van der Waals surface area contributed by atoms with Crippen LogP contribution in [0.3, 0.4) is 0 Å². The van der Waals surface area contributed by atoms with Crippen LogP contribution in [-0.2, 0) is 6.54 Å². The summed E-state index contributed by atoms with van der Waals surface area (Å²) in [5, 5.41) is 0.658. The molecule has 72 valence electrons. The molecule has 2 nitrogen and oxygen atoms in total. The molecule has 0 fully saturated rings. The van der Waals surface area contributed by atoms with Crippen LogP contribution >= 0.6 is 11.8 Å². The van der Waals surface area contributed by atoms with Crippen molar-refractivity contribution in [3.8, 4) is 0 Å². The lowest BCUT2D eigenvalue weighted by molar-refractivity contribution is 0.903. The van der Waals surface area contributed by atoms with Gasteiger partial charge >= 0.3 is 0 Å². The van der Waals surface area contributed by atoms with Gasteiger partial charge < -0.3 is 5.73 Å². The van der Waals surface area contributed by atoms with Crippen molar-refractivity contribution in [1.82, 2.24) is 4.98 Å². The summed E-state index contributed by atoms with van der Waals surface area (Å²) in [5.41, 5.74) is 6.41. The number of hydrogen-bond acceptors (Lipinski definition) is 3. The smallest absolute Gasteiger partial charge is 0.0540 e. The molecule has 13 heavy (non-hydrogen) atoms. The van der Waals surface area contributed by atoms with Gasteiger partial charge in [0.15, 0.2) is 0 Å². The largest absolute Gasteiger partial charge is 0.325 e. The van der Waals surface area contributed by atoms with Crippen molar-refractivity contribution in [2.45, 2.75) is 37.0 Å². The molecular formula is C10H16N2S. The number of pyridine rings is 1. The molecule has 0 amide bonds. The van der Waals surface area contributed by atoms with Crippen molar-refractivity contribution in [1.29, 1.82) is 0 Å². The van der Waals surface area contributed by atoms with E-state index in [9.17, 15) is 0 Å². The van der Waals surface area contributed by atoms with E-state index in [1.807, 2.05) is 24.0 Å². The molecule has 0 aromatic carbocycles. The highest BCUT2D eigenvalue weighted by Gasteiger charge is 2.01. The normalized spacial score (nSPS) is 12.8. The Kier molecular flexibility index (Phi) is 4.25. The van der Waals surface area contributed by atoms with Gasteiger partial charge in [-0.05, 0) is 18.6 Å². The summed E-state index contributed by atoms with van der Waals surface area (Å²) < 4.78 is 0. The highest BCUT2D eigenvalue weighted by molar-refractivity contribution is 7.99. The highest BCUT2D eigenvalue weighted by atomic mass is 32.2. The maximum Gasteiger partial charge on any atom is 0.0540 e. The first-order chi connectivity index (χ1) is 6.26. The third-order valence-corrected chi connectivity index (χ3v) is 3.17. The maximum absolute atomic E-state index is 5.46. The van der Waals surface area contributed by atoms with Crippen molar-refractivity contribution >= 4 is 11.8 Å². The zero-order valence-corrected chi connectivity index (χ0v) is 8.97. The van der Waals surface area contributed by atoms with Crippen LogP contribution in [0.1, 0.15) is 26.0 Å². The summed E-state index contributed by atoms with van der Waals surface area (Å²) in [4.78, 5) is 5.47. The summed E-state index contributed by atoms with van der Waals surface area (Å²) in [6, 6.07) is 4.08. The number of nitrogens with zero attached hydrogens (tertiary/aromatic N) is 1. The Balaban J connectivity index is 2.58. The molecule has 1 atom stereocenters. The third-order valence-electron chi connectivity index (χ3n) is 1.92. The van der Waals surface area contributed by atoms with Gasteiger partial charge in [-0.3, -0.25) is 4.98 Å². The number of nitrogens with two attached hydrogens (primary N) is 1. The lowest BCUT2D eigenvalue weighted by atomic mass is 10.3. The second-order valence-corrected chi connectivity index (χ2v) is 4.54. The van der Waals surface area contributed by atoms with Gasteiger partial charge in [-0.2, -0.15) is 0 Å². The Labute approximate surface area is 83.9 Å². The first kappa shape index (κ1) is 10.5. The minimum Gasteiger partial charge on any atom is -0.325 e. The lowest BCUT2D eigenvalue weighted by Crippen LogP contribution is -1.99. The van der Waals surface area contributed by atoms with Crippen LogP contribution in [0.25, 0.3) is 0 Å². The molecule has 1 unspecified atom stereocenters. The van der Waals surface area contributed by atoms with Gasteiger partial charge in [0, 0.05) is 22.9 Å². The Morgan fingerprint density at radius 3 is 2.77 bits per heavy atom. The fraction of sp³-hybridized carbons (Fsp3) is 0.500. The van der Waals surface area contributed by atoms with Crippen LogP contribution in [-0.4, -0.2) is 10.2 Å². The molecule has 0 saturated carbocycles. The number of aromatic nitrogens is 1. The van der Waals surface area contributed by atoms with Gasteiger partial charge in [-0.15, -0.1) is 11.8 Å². The summed E-state index contributed by atoms with van der Waals surface area (Å²) in [7, 11) is 0. The standard InChI is InChI=1S/C10H16N2S/c1-3-8(2)13-10-5-4-9(6-11)12-7-10/h4-5,7-8H,3,6,11H2,1-2H3. The van der Waals surface area contributed by atoms with Crippen LogP contribution in [0, 0.1) is 0 Å². The molecule has 2 N–H and O–H groups in total. The molecule has 0 aliphatic carbocycles. The van der Waals surface area contributed by atoms with E-state index in [1.54, 1.807) is 0 Å². The van der Waals surface area contributed by atoms with Crippen molar-refractivity contribution < 1.29 is 0 Å². The minimum absolute atomic E-state index is 0.522. The molecule has 0 spiro atoms. The Morgan fingerprint density at radius 2 is 2.31 bits per heavy atom. The van der Waals surface area contributed by atoms with Gasteiger partial charge in [0.05, 0.1) is 5.69 Å². The Bertz CT molecular complexity index is 246. The molecular weight excluding hydrogens is 180 g/mol. The van der Waals surface area contributed by atoms with Crippen molar-refractivity contribution in [2.75, 3.05) is 0 Å². The highest BCUT2D eigenvalue weighted by Crippen LogP contribution is 2.23. The molecule has 0 radical (unpaired) electrons. The van der Waals surface area contributed by atoms with E-state index < -0.39 is 0 Å². The van der Waals surface area contributed by atoms with Crippen LogP contribution in [0.2, 0.25) is 0 Å². The molecule has 1 heterocycles. The third kappa shape index (κ3) is 3.36. The summed E-state index contributed by atoms with van der Waals surface area (Å²) in [6.07, 6.45) is 3.09. The molecule has 0 aliphatic heterocycles. The quantitative estimate of drug-likeness (QED) is 0.752. The second-order valence-electron chi connectivity index (χ2n) is 3.03. The second kappa shape index (κ2) is 5.25. The van der Waals surface area contributed by atoms with E-state index in [1.165, 1.54) is 11.3 Å². The van der Waals surface area contributed by atoms with Crippen molar-refractivity contribution in [3.63, 3.8) is 0 Å². The number of hydrogen-bond donors (Lipinski definition) is 1. The van der Waals surface area contributed by atoms with E-state index in [4.69, 9.17) is 5.73 Å². The molecule has 1 aromatic heterocycles. The summed E-state index contributed by atoms with van der Waals surface area (Å²) >= 11 is 1.86. The van der Waals surface area contributed by atoms with Crippen LogP contribution < -0.4 is 5.73 Å². The molecule has 3 heteroatoms. The van der Waals surface area contributed by atoms with Crippen LogP contribution in [0.5, 0.6) is 0 Å². The monoisotopic (exact) mass is 196 g/mol. The van der Waals surface area contributed by atoms with Gasteiger partial charge in [-0.25, -0.2) is 0 Å². The van der Waals surface area contributed by atoms with Crippen molar-refractivity contribution in [3.05, 3.63) is 24.0 Å². The lowest BCUT2D eigenvalue weighted by Gasteiger charge is -2.07. The van der Waals surface area contributed by atoms with Gasteiger partial charge in [0.25, 0.3) is 0 Å². The van der Waals surface area contributed by atoms with E-state index in [0.29, 0.717) is 11.8 Å². The fourth-order valence-corrected chi connectivity index (χ4v) is 1.81. The van der Waals surface area contributed by atoms with Crippen LogP contribution in [0.4, 0.5) is 0 Å². The van der Waals surface area contributed by atoms with Gasteiger partial charge in [-0.1, -0.05) is 13.8 Å². The van der Waals surface area contributed by atoms with Gasteiger partial charge in [0.1, 0.15) is 0 Å². The zero-order valence-electron chi connectivity index (χ0n) is 8.16. The molecule has 0 saturated heterocycles. The minimum atomic E-state index is 0.522. The van der Waals surface area contributed by atoms with E-state index in [0.717, 1.165) is 5.69 Å². The first-order valence-corrected chi connectivity index (χ1v) is 5.46. The van der Waals surface area contributed by atoms with Gasteiger partial charge in [0.2, 0.25) is 0 Å². The van der Waals surface area contributed by atoms with E-state index in [-0.39, 0.29) is 0 Å². The average Bonchev–Trinajstić information content (AvgIpc) is 2.19. The maximum atomic E-state index is 5.46. The fourth-order valence-electron chi connectivity index (χ4n) is 0.917. The van der Waals surface area contributed by atoms with Crippen molar-refractivity contribution in [2.24, 2.45) is 5.73 Å². The topological polar surface area (TPSA) is 38.9 Å². The summed E-state index contributed by atoms with van der Waals surface area (Å²) in [6.45, 7) is 4.94. The Hall–Kier alpha value is -0.540. The number of thioether (sulfide) groups is 1. The number of rotatable bonds is 4. The SMILES string of the molecule is CCC(C)Sc1ccc(CN)nc1. The first-order valence-electron chi connectivity index (χ1n) is 4.58. The average molecular weight is 196 g/mol. The predicted octanol–water partition coefficient (Wildman–Crippen LogP) is 2.43. The Morgan fingerprint density at radius 1 is 1.54 bits per heavy atom. The molecule has 1 aromatic rings. The molecule has 0 aliphatic rings. The summed E-state index contributed by atoms with van der Waals surface area (Å²) in [5.74, 6) is 0. The molecule has 0 bridgehead atoms.